The number of thioether (sulfide) groups is 1. The lowest BCUT2D eigenvalue weighted by Crippen LogP contribution is -2.46. The van der Waals surface area contributed by atoms with E-state index in [-0.39, 0.29) is 18.5 Å². The lowest BCUT2D eigenvalue weighted by Gasteiger charge is -2.30. The van der Waals surface area contributed by atoms with Gasteiger partial charge in [0.05, 0.1) is 12.2 Å². The fourth-order valence-electron chi connectivity index (χ4n) is 2.89. The highest BCUT2D eigenvalue weighted by atomic mass is 35.5. The fraction of sp³-hybridized carbons (Fsp3) is 0.316. The standard InChI is InChI=1S/C19H21ClN4O2S/c1-12-9-13(2)23-18-17(12)24(7-8-27-18)19(26)22-11-16(25)21-10-14-3-5-15(20)6-4-14/h3-6,9H,7-8,10-11H2,1-2H3,(H,21,25)(H,22,26). The van der Waals surface area contributed by atoms with Crippen molar-refractivity contribution in [3.63, 3.8) is 0 Å². The molecular weight excluding hydrogens is 384 g/mol. The molecule has 8 heteroatoms. The molecule has 3 amide bonds. The summed E-state index contributed by atoms with van der Waals surface area (Å²) in [5, 5.41) is 6.99. The van der Waals surface area contributed by atoms with E-state index < -0.39 is 0 Å². The molecule has 0 saturated carbocycles. The van der Waals surface area contributed by atoms with E-state index in [1.54, 1.807) is 28.8 Å². The van der Waals surface area contributed by atoms with Crippen LogP contribution in [-0.4, -0.2) is 35.8 Å². The highest BCUT2D eigenvalue weighted by Crippen LogP contribution is 2.36. The molecule has 0 radical (unpaired) electrons. The van der Waals surface area contributed by atoms with Crippen LogP contribution < -0.4 is 15.5 Å². The van der Waals surface area contributed by atoms with Gasteiger partial charge in [0.15, 0.2) is 0 Å². The number of hydrogen-bond acceptors (Lipinski definition) is 4. The van der Waals surface area contributed by atoms with Crippen LogP contribution in [0.1, 0.15) is 16.8 Å². The maximum absolute atomic E-state index is 12.6. The third-order valence-electron chi connectivity index (χ3n) is 4.15. The Balaban J connectivity index is 1.55. The largest absolute Gasteiger partial charge is 0.350 e. The normalized spacial score (nSPS) is 13.1. The Morgan fingerprint density at radius 3 is 2.70 bits per heavy atom. The Labute approximate surface area is 167 Å². The van der Waals surface area contributed by atoms with Crippen molar-refractivity contribution in [3.8, 4) is 0 Å². The maximum atomic E-state index is 12.6. The van der Waals surface area contributed by atoms with Crippen molar-refractivity contribution in [1.29, 1.82) is 0 Å². The van der Waals surface area contributed by atoms with Crippen LogP contribution >= 0.6 is 23.4 Å². The highest BCUT2D eigenvalue weighted by Gasteiger charge is 2.26. The summed E-state index contributed by atoms with van der Waals surface area (Å²) in [6.07, 6.45) is 0. The van der Waals surface area contributed by atoms with Crippen LogP contribution in [0.3, 0.4) is 0 Å². The molecule has 1 aliphatic heterocycles. The van der Waals surface area contributed by atoms with Gasteiger partial charge < -0.3 is 10.6 Å². The van der Waals surface area contributed by atoms with Gasteiger partial charge in [-0.05, 0) is 43.2 Å². The number of carbonyl (C=O) groups excluding carboxylic acids is 2. The van der Waals surface area contributed by atoms with E-state index in [1.165, 1.54) is 0 Å². The maximum Gasteiger partial charge on any atom is 0.322 e. The highest BCUT2D eigenvalue weighted by molar-refractivity contribution is 7.99. The van der Waals surface area contributed by atoms with Crippen molar-refractivity contribution in [3.05, 3.63) is 52.2 Å². The number of benzene rings is 1. The third-order valence-corrected chi connectivity index (χ3v) is 5.35. The summed E-state index contributed by atoms with van der Waals surface area (Å²) >= 11 is 7.49. The van der Waals surface area contributed by atoms with Crippen LogP contribution in [0.4, 0.5) is 10.5 Å². The van der Waals surface area contributed by atoms with Gasteiger partial charge in [-0.3, -0.25) is 9.69 Å². The number of hydrogen-bond donors (Lipinski definition) is 2. The number of halogens is 1. The van der Waals surface area contributed by atoms with Gasteiger partial charge in [0, 0.05) is 29.6 Å². The molecule has 0 fully saturated rings. The smallest absolute Gasteiger partial charge is 0.322 e. The Hall–Kier alpha value is -2.25. The van der Waals surface area contributed by atoms with Gasteiger partial charge >= 0.3 is 6.03 Å². The summed E-state index contributed by atoms with van der Waals surface area (Å²) in [5.74, 6) is 0.530. The molecule has 1 aromatic carbocycles. The van der Waals surface area contributed by atoms with Gasteiger partial charge in [-0.15, -0.1) is 11.8 Å². The van der Waals surface area contributed by atoms with E-state index in [1.807, 2.05) is 32.0 Å². The van der Waals surface area contributed by atoms with Crippen LogP contribution in [-0.2, 0) is 11.3 Å². The minimum Gasteiger partial charge on any atom is -0.350 e. The van der Waals surface area contributed by atoms with Crippen molar-refractivity contribution in [2.75, 3.05) is 23.7 Å². The molecule has 2 N–H and O–H groups in total. The molecule has 0 atom stereocenters. The van der Waals surface area contributed by atoms with Gasteiger partial charge in [0.25, 0.3) is 0 Å². The fourth-order valence-corrected chi connectivity index (χ4v) is 4.10. The number of nitrogens with one attached hydrogen (secondary N) is 2. The Kier molecular flexibility index (Phi) is 6.23. The molecule has 2 aromatic rings. The first-order valence-corrected chi connectivity index (χ1v) is 9.98. The summed E-state index contributed by atoms with van der Waals surface area (Å²) in [7, 11) is 0. The second kappa shape index (κ2) is 8.63. The zero-order valence-electron chi connectivity index (χ0n) is 15.2. The van der Waals surface area contributed by atoms with E-state index >= 15 is 0 Å². The molecule has 0 spiro atoms. The van der Waals surface area contributed by atoms with E-state index in [0.717, 1.165) is 33.3 Å². The minimum atomic E-state index is -0.285. The topological polar surface area (TPSA) is 74.3 Å². The number of urea groups is 1. The predicted molar refractivity (Wildman–Crippen MR) is 108 cm³/mol. The average molecular weight is 405 g/mol. The second-order valence-corrected chi connectivity index (χ2v) is 7.82. The quantitative estimate of drug-likeness (QED) is 0.820. The number of fused-ring (bicyclic) bond motifs is 1. The number of aromatic nitrogens is 1. The number of amides is 3. The monoisotopic (exact) mass is 404 g/mol. The molecule has 0 bridgehead atoms. The molecular formula is C19H21ClN4O2S. The van der Waals surface area contributed by atoms with Crippen LogP contribution in [0.5, 0.6) is 0 Å². The molecule has 142 valence electrons. The lowest BCUT2D eigenvalue weighted by molar-refractivity contribution is -0.120. The molecule has 6 nitrogen and oxygen atoms in total. The molecule has 1 aliphatic rings. The number of carbonyl (C=O) groups is 2. The first-order valence-electron chi connectivity index (χ1n) is 8.61. The van der Waals surface area contributed by atoms with Gasteiger partial charge in [0.2, 0.25) is 5.91 Å². The minimum absolute atomic E-state index is 0.0796. The molecule has 27 heavy (non-hydrogen) atoms. The van der Waals surface area contributed by atoms with E-state index in [2.05, 4.69) is 15.6 Å². The van der Waals surface area contributed by atoms with Crippen molar-refractivity contribution < 1.29 is 9.59 Å². The number of aryl methyl sites for hydroxylation is 2. The Morgan fingerprint density at radius 1 is 1.22 bits per heavy atom. The second-order valence-electron chi connectivity index (χ2n) is 6.30. The lowest BCUT2D eigenvalue weighted by atomic mass is 10.2. The number of pyridine rings is 1. The number of nitrogens with zero attached hydrogens (tertiary/aromatic N) is 2. The molecule has 0 unspecified atom stereocenters. The van der Waals surface area contributed by atoms with Crippen molar-refractivity contribution in [1.82, 2.24) is 15.6 Å². The zero-order chi connectivity index (χ0) is 19.4. The first-order chi connectivity index (χ1) is 12.9. The van der Waals surface area contributed by atoms with Gasteiger partial charge in [-0.25, -0.2) is 9.78 Å². The van der Waals surface area contributed by atoms with Crippen LogP contribution in [0.15, 0.2) is 35.4 Å². The molecule has 3 rings (SSSR count). The summed E-state index contributed by atoms with van der Waals surface area (Å²) in [6.45, 7) is 4.80. The number of anilines is 1. The Morgan fingerprint density at radius 2 is 1.96 bits per heavy atom. The Bertz CT molecular complexity index is 858. The van der Waals surface area contributed by atoms with Gasteiger partial charge in [-0.1, -0.05) is 23.7 Å². The van der Waals surface area contributed by atoms with Crippen molar-refractivity contribution >= 4 is 41.0 Å². The van der Waals surface area contributed by atoms with Crippen LogP contribution in [0.2, 0.25) is 5.02 Å². The molecule has 1 aromatic heterocycles. The summed E-state index contributed by atoms with van der Waals surface area (Å²) < 4.78 is 0. The van der Waals surface area contributed by atoms with E-state index in [4.69, 9.17) is 11.6 Å². The van der Waals surface area contributed by atoms with Crippen molar-refractivity contribution in [2.24, 2.45) is 0 Å². The first kappa shape index (κ1) is 19.5. The van der Waals surface area contributed by atoms with E-state index in [0.29, 0.717) is 18.1 Å². The van der Waals surface area contributed by atoms with E-state index in [9.17, 15) is 9.59 Å². The summed E-state index contributed by atoms with van der Waals surface area (Å²) in [4.78, 5) is 30.8. The SMILES string of the molecule is Cc1cc(C)c2c(n1)SCCN2C(=O)NCC(=O)NCc1ccc(Cl)cc1. The van der Waals surface area contributed by atoms with Crippen LogP contribution in [0.25, 0.3) is 0 Å². The average Bonchev–Trinajstić information content (AvgIpc) is 2.64. The van der Waals surface area contributed by atoms with Crippen LogP contribution in [0, 0.1) is 13.8 Å². The molecule has 2 heterocycles. The summed E-state index contributed by atoms with van der Waals surface area (Å²) in [6, 6.07) is 8.92. The third kappa shape index (κ3) is 4.93. The van der Waals surface area contributed by atoms with Gasteiger partial charge in [0.1, 0.15) is 5.03 Å². The predicted octanol–water partition coefficient (Wildman–Crippen LogP) is 3.29. The molecule has 0 aliphatic carbocycles. The summed E-state index contributed by atoms with van der Waals surface area (Å²) in [5.41, 5.74) is 3.71. The van der Waals surface area contributed by atoms with Crippen molar-refractivity contribution in [2.45, 2.75) is 25.4 Å². The number of rotatable bonds is 4. The zero-order valence-corrected chi connectivity index (χ0v) is 16.8. The van der Waals surface area contributed by atoms with Gasteiger partial charge in [-0.2, -0.15) is 0 Å². The molecule has 0 saturated heterocycles.